The molecule has 1 N–H and O–H groups in total. The number of aryl methyl sites for hydroxylation is 2. The first kappa shape index (κ1) is 17.4. The molecule has 26 heavy (non-hydrogen) atoms. The maximum atomic E-state index is 4.87. The van der Waals surface area contributed by atoms with E-state index in [1.54, 1.807) is 0 Å². The highest BCUT2D eigenvalue weighted by Gasteiger charge is 2.19. The van der Waals surface area contributed by atoms with Gasteiger partial charge in [0.1, 0.15) is 0 Å². The molecular weight excluding hydrogens is 340 g/mol. The van der Waals surface area contributed by atoms with Crippen LogP contribution in [0.3, 0.4) is 0 Å². The summed E-state index contributed by atoms with van der Waals surface area (Å²) in [4.78, 5) is 13.4. The van der Waals surface area contributed by atoms with E-state index in [2.05, 4.69) is 59.8 Å². The van der Waals surface area contributed by atoms with Crippen molar-refractivity contribution in [1.29, 1.82) is 0 Å². The van der Waals surface area contributed by atoms with Gasteiger partial charge in [-0.1, -0.05) is 18.2 Å². The largest absolute Gasteiger partial charge is 0.341 e. The number of benzene rings is 1. The van der Waals surface area contributed by atoms with Gasteiger partial charge in [-0.3, -0.25) is 0 Å². The summed E-state index contributed by atoms with van der Waals surface area (Å²) in [5.74, 6) is 0.888. The van der Waals surface area contributed by atoms with Crippen LogP contribution in [0.2, 0.25) is 0 Å². The van der Waals surface area contributed by atoms with Crippen LogP contribution in [0.5, 0.6) is 0 Å². The van der Waals surface area contributed by atoms with E-state index in [0.29, 0.717) is 6.04 Å². The van der Waals surface area contributed by atoms with Crippen LogP contribution in [0.25, 0.3) is 10.9 Å². The molecule has 4 rings (SSSR count). The molecule has 0 amide bonds. The fourth-order valence-corrected chi connectivity index (χ4v) is 4.34. The second-order valence-corrected chi connectivity index (χ2v) is 8.24. The smallest absolute Gasteiger partial charge is 0.226 e. The van der Waals surface area contributed by atoms with E-state index in [9.17, 15) is 0 Å². The van der Waals surface area contributed by atoms with Gasteiger partial charge in [-0.05, 0) is 56.2 Å². The number of nitrogens with zero attached hydrogens (tertiary/aromatic N) is 3. The SMILES string of the molecule is Cc1ccc2c(C)nc(N3CCCC(NCc4cccs4)CC3)nc2c1. The van der Waals surface area contributed by atoms with Gasteiger partial charge in [-0.15, -0.1) is 11.3 Å². The van der Waals surface area contributed by atoms with Crippen molar-refractivity contribution in [2.45, 2.75) is 45.7 Å². The number of nitrogens with one attached hydrogen (secondary N) is 1. The molecule has 3 heterocycles. The highest BCUT2D eigenvalue weighted by Crippen LogP contribution is 2.22. The van der Waals surface area contributed by atoms with E-state index in [1.807, 2.05) is 11.3 Å². The number of hydrogen-bond acceptors (Lipinski definition) is 5. The van der Waals surface area contributed by atoms with Gasteiger partial charge in [0, 0.05) is 35.9 Å². The molecule has 0 spiro atoms. The van der Waals surface area contributed by atoms with Crippen molar-refractivity contribution in [3.05, 3.63) is 51.8 Å². The molecule has 2 aromatic heterocycles. The molecule has 136 valence electrons. The average Bonchev–Trinajstić information content (AvgIpc) is 3.03. The highest BCUT2D eigenvalue weighted by atomic mass is 32.1. The summed E-state index contributed by atoms with van der Waals surface area (Å²) in [6.45, 7) is 7.23. The number of thiophene rings is 1. The summed E-state index contributed by atoms with van der Waals surface area (Å²) in [7, 11) is 0. The van der Waals surface area contributed by atoms with Crippen molar-refractivity contribution in [3.63, 3.8) is 0 Å². The minimum Gasteiger partial charge on any atom is -0.341 e. The van der Waals surface area contributed by atoms with E-state index in [4.69, 9.17) is 9.97 Å². The van der Waals surface area contributed by atoms with Gasteiger partial charge < -0.3 is 10.2 Å². The molecule has 1 fully saturated rings. The maximum absolute atomic E-state index is 4.87. The average molecular weight is 367 g/mol. The van der Waals surface area contributed by atoms with Gasteiger partial charge in [0.25, 0.3) is 0 Å². The lowest BCUT2D eigenvalue weighted by Crippen LogP contribution is -2.31. The van der Waals surface area contributed by atoms with Crippen LogP contribution in [0, 0.1) is 13.8 Å². The Morgan fingerprint density at radius 1 is 1.15 bits per heavy atom. The van der Waals surface area contributed by atoms with E-state index in [-0.39, 0.29) is 0 Å². The van der Waals surface area contributed by atoms with Crippen LogP contribution in [0.4, 0.5) is 5.95 Å². The predicted molar refractivity (Wildman–Crippen MR) is 110 cm³/mol. The quantitative estimate of drug-likeness (QED) is 0.740. The minimum atomic E-state index is 0.575. The Balaban J connectivity index is 1.46. The minimum absolute atomic E-state index is 0.575. The number of aromatic nitrogens is 2. The van der Waals surface area contributed by atoms with Gasteiger partial charge in [0.15, 0.2) is 0 Å². The molecule has 5 heteroatoms. The molecule has 0 saturated carbocycles. The Bertz CT molecular complexity index is 875. The summed E-state index contributed by atoms with van der Waals surface area (Å²) < 4.78 is 0. The standard InChI is InChI=1S/C21H26N4S/c1-15-7-8-19-16(2)23-21(24-20(19)13-15)25-10-3-5-17(9-11-25)22-14-18-6-4-12-26-18/h4,6-8,12-13,17,22H,3,5,9-11,14H2,1-2H3. The molecule has 0 radical (unpaired) electrons. The fraction of sp³-hybridized carbons (Fsp3) is 0.429. The van der Waals surface area contributed by atoms with Gasteiger partial charge in [0.2, 0.25) is 5.95 Å². The van der Waals surface area contributed by atoms with Crippen LogP contribution >= 0.6 is 11.3 Å². The number of fused-ring (bicyclic) bond motifs is 1. The van der Waals surface area contributed by atoms with Crippen LogP contribution in [-0.2, 0) is 6.54 Å². The molecule has 4 nitrogen and oxygen atoms in total. The van der Waals surface area contributed by atoms with Crippen molar-refractivity contribution in [2.24, 2.45) is 0 Å². The normalized spacial score (nSPS) is 18.2. The van der Waals surface area contributed by atoms with Crippen molar-refractivity contribution in [2.75, 3.05) is 18.0 Å². The van der Waals surface area contributed by atoms with Gasteiger partial charge in [-0.2, -0.15) is 0 Å². The van der Waals surface area contributed by atoms with Gasteiger partial charge >= 0.3 is 0 Å². The molecule has 1 aliphatic heterocycles. The molecule has 1 aromatic carbocycles. The zero-order valence-electron chi connectivity index (χ0n) is 15.5. The third-order valence-corrected chi connectivity index (χ3v) is 6.06. The first-order valence-electron chi connectivity index (χ1n) is 9.45. The molecule has 1 atom stereocenters. The van der Waals surface area contributed by atoms with Gasteiger partial charge in [-0.25, -0.2) is 9.97 Å². The zero-order valence-corrected chi connectivity index (χ0v) is 16.4. The summed E-state index contributed by atoms with van der Waals surface area (Å²) in [6, 6.07) is 11.3. The van der Waals surface area contributed by atoms with Crippen molar-refractivity contribution in [1.82, 2.24) is 15.3 Å². The zero-order chi connectivity index (χ0) is 17.9. The van der Waals surface area contributed by atoms with Crippen molar-refractivity contribution < 1.29 is 0 Å². The molecule has 0 bridgehead atoms. The molecule has 1 unspecified atom stereocenters. The number of anilines is 1. The summed E-state index contributed by atoms with van der Waals surface area (Å²) in [6.07, 6.45) is 3.53. The Morgan fingerprint density at radius 3 is 2.92 bits per heavy atom. The van der Waals surface area contributed by atoms with Crippen molar-refractivity contribution >= 4 is 28.2 Å². The summed E-state index contributed by atoms with van der Waals surface area (Å²) in [5, 5.41) is 7.03. The lowest BCUT2D eigenvalue weighted by atomic mass is 10.1. The first-order chi connectivity index (χ1) is 12.7. The van der Waals surface area contributed by atoms with Crippen molar-refractivity contribution in [3.8, 4) is 0 Å². The molecule has 1 saturated heterocycles. The van der Waals surface area contributed by atoms with Crippen LogP contribution < -0.4 is 10.2 Å². The topological polar surface area (TPSA) is 41.1 Å². The third kappa shape index (κ3) is 3.89. The lowest BCUT2D eigenvalue weighted by molar-refractivity contribution is 0.472. The van der Waals surface area contributed by atoms with Crippen LogP contribution in [-0.4, -0.2) is 29.1 Å². The van der Waals surface area contributed by atoms with E-state index >= 15 is 0 Å². The third-order valence-electron chi connectivity index (χ3n) is 5.19. The van der Waals surface area contributed by atoms with Crippen LogP contribution in [0.1, 0.15) is 35.4 Å². The van der Waals surface area contributed by atoms with Crippen LogP contribution in [0.15, 0.2) is 35.7 Å². The maximum Gasteiger partial charge on any atom is 0.226 e. The fourth-order valence-electron chi connectivity index (χ4n) is 3.68. The lowest BCUT2D eigenvalue weighted by Gasteiger charge is -2.21. The molecular formula is C21H26N4S. The highest BCUT2D eigenvalue weighted by molar-refractivity contribution is 7.09. The number of hydrogen-bond donors (Lipinski definition) is 1. The molecule has 0 aliphatic carbocycles. The molecule has 1 aliphatic rings. The van der Waals surface area contributed by atoms with Gasteiger partial charge in [0.05, 0.1) is 11.2 Å². The molecule has 3 aromatic rings. The Hall–Kier alpha value is -1.98. The Labute approximate surface area is 159 Å². The van der Waals surface area contributed by atoms with E-state index in [1.165, 1.54) is 23.3 Å². The number of rotatable bonds is 4. The second-order valence-electron chi connectivity index (χ2n) is 7.20. The second kappa shape index (κ2) is 7.72. The predicted octanol–water partition coefficient (Wildman–Crippen LogP) is 4.46. The Kier molecular flexibility index (Phi) is 5.18. The monoisotopic (exact) mass is 366 g/mol. The summed E-state index contributed by atoms with van der Waals surface area (Å²) >= 11 is 1.83. The first-order valence-corrected chi connectivity index (χ1v) is 10.3. The Morgan fingerprint density at radius 2 is 2.08 bits per heavy atom. The van der Waals surface area contributed by atoms with E-state index in [0.717, 1.165) is 48.6 Å². The summed E-state index contributed by atoms with van der Waals surface area (Å²) in [5.41, 5.74) is 3.38. The van der Waals surface area contributed by atoms with E-state index < -0.39 is 0 Å².